The molecule has 0 spiro atoms. The van der Waals surface area contributed by atoms with Crippen molar-refractivity contribution >= 4 is 62.2 Å². The highest BCUT2D eigenvalue weighted by atomic mass is 79.9. The van der Waals surface area contributed by atoms with Crippen molar-refractivity contribution in [2.45, 2.75) is 26.7 Å². The first-order chi connectivity index (χ1) is 17.4. The minimum absolute atomic E-state index is 0.196. The summed E-state index contributed by atoms with van der Waals surface area (Å²) in [6, 6.07) is 21.0. The predicted molar refractivity (Wildman–Crippen MR) is 149 cm³/mol. The number of halogens is 1. The number of hydrogen-bond donors (Lipinski definition) is 1. The third-order valence-corrected chi connectivity index (χ3v) is 7.08. The summed E-state index contributed by atoms with van der Waals surface area (Å²) in [5, 5.41) is 9.61. The number of para-hydroxylation sites is 2. The summed E-state index contributed by atoms with van der Waals surface area (Å²) < 4.78 is 6.25. The second kappa shape index (κ2) is 11.6. The number of anilines is 1. The Balaban J connectivity index is 1.83. The summed E-state index contributed by atoms with van der Waals surface area (Å²) in [4.78, 5) is 31.9. The van der Waals surface area contributed by atoms with Crippen molar-refractivity contribution < 1.29 is 19.4 Å². The van der Waals surface area contributed by atoms with E-state index in [-0.39, 0.29) is 5.91 Å². The van der Waals surface area contributed by atoms with Crippen LogP contribution >= 0.6 is 27.7 Å². The molecule has 6 nitrogen and oxygen atoms in total. The molecular formula is C28H25BrN2O4S. The van der Waals surface area contributed by atoms with Gasteiger partial charge in [-0.2, -0.15) is 0 Å². The van der Waals surface area contributed by atoms with Crippen LogP contribution in [0.1, 0.15) is 30.5 Å². The Morgan fingerprint density at radius 1 is 1.06 bits per heavy atom. The zero-order valence-electron chi connectivity index (χ0n) is 19.9. The van der Waals surface area contributed by atoms with Gasteiger partial charge in [0.1, 0.15) is 5.75 Å². The van der Waals surface area contributed by atoms with Gasteiger partial charge in [0, 0.05) is 10.0 Å². The number of aliphatic imine (C=N–C) groups is 1. The van der Waals surface area contributed by atoms with Gasteiger partial charge in [0.15, 0.2) is 11.8 Å². The van der Waals surface area contributed by atoms with E-state index in [1.54, 1.807) is 29.2 Å². The van der Waals surface area contributed by atoms with E-state index >= 15 is 0 Å². The van der Waals surface area contributed by atoms with Crippen molar-refractivity contribution in [1.29, 1.82) is 0 Å². The zero-order chi connectivity index (χ0) is 25.7. The van der Waals surface area contributed by atoms with Crippen molar-refractivity contribution in [3.63, 3.8) is 0 Å². The maximum atomic E-state index is 13.8. The van der Waals surface area contributed by atoms with Gasteiger partial charge in [0.05, 0.1) is 16.3 Å². The van der Waals surface area contributed by atoms with E-state index in [1.807, 2.05) is 48.5 Å². The summed E-state index contributed by atoms with van der Waals surface area (Å²) in [5.41, 5.74) is 4.35. The van der Waals surface area contributed by atoms with E-state index in [1.165, 1.54) is 11.8 Å². The lowest BCUT2D eigenvalue weighted by atomic mass is 10.1. The number of amides is 1. The molecule has 1 saturated heterocycles. The topological polar surface area (TPSA) is 79.2 Å². The summed E-state index contributed by atoms with van der Waals surface area (Å²) in [5.74, 6) is -0.893. The van der Waals surface area contributed by atoms with Gasteiger partial charge in [-0.1, -0.05) is 66.2 Å². The Morgan fingerprint density at radius 3 is 2.47 bits per heavy atom. The number of carbonyl (C=O) groups excluding carboxylic acids is 1. The largest absolute Gasteiger partial charge is 0.481 e. The number of carboxylic acids is 1. The van der Waals surface area contributed by atoms with Crippen molar-refractivity contribution in [2.24, 2.45) is 4.99 Å². The molecule has 1 N–H and O–H groups in total. The third-order valence-electron chi connectivity index (χ3n) is 5.62. The van der Waals surface area contributed by atoms with Crippen LogP contribution in [0.4, 0.5) is 11.4 Å². The average Bonchev–Trinajstić information content (AvgIpc) is 3.17. The quantitative estimate of drug-likeness (QED) is 0.303. The van der Waals surface area contributed by atoms with E-state index in [0.29, 0.717) is 21.4 Å². The lowest BCUT2D eigenvalue weighted by molar-refractivity contribution is -0.139. The van der Waals surface area contributed by atoms with Crippen LogP contribution in [0.15, 0.2) is 81.1 Å². The van der Waals surface area contributed by atoms with Gasteiger partial charge in [-0.25, -0.2) is 9.79 Å². The smallest absolute Gasteiger partial charge is 0.341 e. The van der Waals surface area contributed by atoms with E-state index in [0.717, 1.165) is 39.8 Å². The number of rotatable bonds is 8. The lowest BCUT2D eigenvalue weighted by Crippen LogP contribution is -2.29. The number of nitrogens with zero attached hydrogens (tertiary/aromatic N) is 2. The molecular weight excluding hydrogens is 540 g/mol. The first-order valence-corrected chi connectivity index (χ1v) is 13.1. The van der Waals surface area contributed by atoms with Gasteiger partial charge in [0.2, 0.25) is 0 Å². The van der Waals surface area contributed by atoms with Gasteiger partial charge in [-0.15, -0.1) is 0 Å². The molecule has 0 atom stereocenters. The van der Waals surface area contributed by atoms with Crippen LogP contribution in [0.2, 0.25) is 0 Å². The molecule has 1 aliphatic rings. The minimum Gasteiger partial charge on any atom is -0.481 e. The summed E-state index contributed by atoms with van der Waals surface area (Å²) in [6.45, 7) is 3.66. The average molecular weight is 565 g/mol. The standard InChI is InChI=1S/C28H25BrN2O4S/c1-3-18-9-5-7-11-22(18)30-28-31(23-12-8-6-10-19(23)4-2)27(34)25(36-28)16-20-15-21(29)13-14-24(20)35-17-26(32)33/h5-16H,3-4,17H2,1-2H3,(H,32,33)/b25-16-,30-28?. The van der Waals surface area contributed by atoms with E-state index in [9.17, 15) is 9.59 Å². The highest BCUT2D eigenvalue weighted by Crippen LogP contribution is 2.40. The fraction of sp³-hybridized carbons (Fsp3) is 0.179. The molecule has 0 unspecified atom stereocenters. The first-order valence-electron chi connectivity index (χ1n) is 11.5. The fourth-order valence-corrected chi connectivity index (χ4v) is 5.21. The number of aliphatic carboxylic acids is 1. The molecule has 1 heterocycles. The van der Waals surface area contributed by atoms with Gasteiger partial charge in [-0.3, -0.25) is 9.69 Å². The van der Waals surface area contributed by atoms with Crippen molar-refractivity contribution in [3.8, 4) is 5.75 Å². The van der Waals surface area contributed by atoms with Gasteiger partial charge in [-0.05, 0) is 72.1 Å². The maximum absolute atomic E-state index is 13.8. The number of benzene rings is 3. The maximum Gasteiger partial charge on any atom is 0.341 e. The molecule has 1 aliphatic heterocycles. The molecule has 8 heteroatoms. The summed E-state index contributed by atoms with van der Waals surface area (Å²) >= 11 is 4.74. The first kappa shape index (κ1) is 25.7. The second-order valence-electron chi connectivity index (χ2n) is 7.97. The molecule has 1 amide bonds. The van der Waals surface area contributed by atoms with E-state index in [2.05, 4.69) is 29.8 Å². The van der Waals surface area contributed by atoms with E-state index in [4.69, 9.17) is 14.8 Å². The number of carbonyl (C=O) groups is 2. The number of ether oxygens (including phenoxy) is 1. The number of thioether (sulfide) groups is 1. The van der Waals surface area contributed by atoms with Crippen LogP contribution in [-0.2, 0) is 22.4 Å². The SMILES string of the molecule is CCc1ccccc1N=C1S/C(=C\c2cc(Br)ccc2OCC(=O)O)C(=O)N1c1ccccc1CC. The Bertz CT molecular complexity index is 1370. The van der Waals surface area contributed by atoms with Crippen LogP contribution in [0.25, 0.3) is 6.08 Å². The summed E-state index contributed by atoms with van der Waals surface area (Å²) in [6.07, 6.45) is 3.31. The molecule has 0 radical (unpaired) electrons. The Labute approximate surface area is 222 Å². The van der Waals surface area contributed by atoms with Crippen LogP contribution < -0.4 is 9.64 Å². The van der Waals surface area contributed by atoms with Crippen molar-refractivity contribution in [1.82, 2.24) is 0 Å². The third kappa shape index (κ3) is 5.71. The zero-order valence-corrected chi connectivity index (χ0v) is 22.3. The fourth-order valence-electron chi connectivity index (χ4n) is 3.86. The molecule has 36 heavy (non-hydrogen) atoms. The lowest BCUT2D eigenvalue weighted by Gasteiger charge is -2.19. The molecule has 0 saturated carbocycles. The molecule has 0 bridgehead atoms. The van der Waals surface area contributed by atoms with Crippen molar-refractivity contribution in [3.05, 3.63) is 92.8 Å². The molecule has 3 aromatic carbocycles. The van der Waals surface area contributed by atoms with Gasteiger partial charge >= 0.3 is 5.97 Å². The number of amidine groups is 1. The Kier molecular flexibility index (Phi) is 8.28. The van der Waals surface area contributed by atoms with E-state index < -0.39 is 12.6 Å². The highest BCUT2D eigenvalue weighted by molar-refractivity contribution is 9.10. The van der Waals surface area contributed by atoms with Crippen LogP contribution in [0, 0.1) is 0 Å². The molecule has 184 valence electrons. The molecule has 1 fully saturated rings. The number of carboxylic acid groups (broad SMARTS) is 1. The number of aryl methyl sites for hydroxylation is 2. The molecule has 0 aromatic heterocycles. The normalized spacial score (nSPS) is 15.6. The summed E-state index contributed by atoms with van der Waals surface area (Å²) in [7, 11) is 0. The predicted octanol–water partition coefficient (Wildman–Crippen LogP) is 6.85. The molecule has 4 rings (SSSR count). The monoisotopic (exact) mass is 564 g/mol. The number of hydrogen-bond acceptors (Lipinski definition) is 5. The second-order valence-corrected chi connectivity index (χ2v) is 9.90. The van der Waals surface area contributed by atoms with Gasteiger partial charge in [0.25, 0.3) is 5.91 Å². The van der Waals surface area contributed by atoms with Crippen LogP contribution in [-0.4, -0.2) is 28.8 Å². The highest BCUT2D eigenvalue weighted by Gasteiger charge is 2.36. The van der Waals surface area contributed by atoms with Crippen LogP contribution in [0.5, 0.6) is 5.75 Å². The Hall–Kier alpha value is -3.36. The van der Waals surface area contributed by atoms with Crippen molar-refractivity contribution in [2.75, 3.05) is 11.5 Å². The Morgan fingerprint density at radius 2 is 1.75 bits per heavy atom. The van der Waals surface area contributed by atoms with Crippen LogP contribution in [0.3, 0.4) is 0 Å². The van der Waals surface area contributed by atoms with Gasteiger partial charge < -0.3 is 9.84 Å². The minimum atomic E-state index is -1.07. The molecule has 0 aliphatic carbocycles. The molecule has 3 aromatic rings.